The minimum Gasteiger partial charge on any atom is -0.595 e. The van der Waals surface area contributed by atoms with Crippen LogP contribution in [-0.2, 0) is 4.74 Å². The zero-order valence-electron chi connectivity index (χ0n) is 16.9. The number of benzene rings is 1. The van der Waals surface area contributed by atoms with Crippen LogP contribution < -0.4 is 10.5 Å². The molecule has 1 saturated carbocycles. The Labute approximate surface area is 169 Å². The first kappa shape index (κ1) is 21.6. The van der Waals surface area contributed by atoms with E-state index in [4.69, 9.17) is 4.74 Å². The summed E-state index contributed by atoms with van der Waals surface area (Å²) in [7, 11) is 0. The van der Waals surface area contributed by atoms with E-state index in [9.17, 15) is 25.6 Å². The molecule has 0 heterocycles. The molecule has 0 radical (unpaired) electrons. The smallest absolute Gasteiger partial charge is 0.338 e. The number of hydrogen-bond acceptors (Lipinski definition) is 6. The van der Waals surface area contributed by atoms with Crippen molar-refractivity contribution in [3.63, 3.8) is 0 Å². The Hall–Kier alpha value is -2.07. The number of ether oxygens (including phenoxy) is 1. The molecular formula is C21H28N2O6. The second-order valence-corrected chi connectivity index (χ2v) is 8.73. The van der Waals surface area contributed by atoms with Crippen LogP contribution in [0.25, 0.3) is 0 Å². The van der Waals surface area contributed by atoms with E-state index in [1.807, 2.05) is 0 Å². The largest absolute Gasteiger partial charge is 0.595 e. The second kappa shape index (κ2) is 7.98. The van der Waals surface area contributed by atoms with E-state index < -0.39 is 22.5 Å². The maximum absolute atomic E-state index is 12.8. The lowest BCUT2D eigenvalue weighted by atomic mass is 9.80. The maximum atomic E-state index is 12.8. The number of carbonyl (C=O) groups excluding carboxylic acids is 1. The molecule has 1 fully saturated rings. The lowest BCUT2D eigenvalue weighted by Crippen LogP contribution is -3.00. The van der Waals surface area contributed by atoms with Gasteiger partial charge in [-0.25, -0.2) is 15.2 Å². The minimum atomic E-state index is -1.31. The number of quaternary nitrogens is 2. The molecule has 0 aliphatic heterocycles. The Morgan fingerprint density at radius 2 is 1.79 bits per heavy atom. The summed E-state index contributed by atoms with van der Waals surface area (Å²) in [5.74, 6) is -0.397. The fourth-order valence-corrected chi connectivity index (χ4v) is 4.37. The van der Waals surface area contributed by atoms with E-state index in [0.29, 0.717) is 12.3 Å². The number of fused-ring (bicyclic) bond motifs is 1. The Morgan fingerprint density at radius 3 is 2.34 bits per heavy atom. The molecule has 4 N–H and O–H groups in total. The molecule has 0 saturated heterocycles. The summed E-state index contributed by atoms with van der Waals surface area (Å²) in [6.45, 7) is 10.5. The lowest BCUT2D eigenvalue weighted by molar-refractivity contribution is -0.996. The summed E-state index contributed by atoms with van der Waals surface area (Å²) in [6.07, 6.45) is 3.01. The second-order valence-electron chi connectivity index (χ2n) is 8.73. The number of rotatable bonds is 4. The molecule has 2 aliphatic carbocycles. The van der Waals surface area contributed by atoms with Gasteiger partial charge in [0, 0.05) is 29.9 Å². The standard InChI is InChI=1S/C21H28N2O6/c1-12-5-6-17-13(2)7-19(21(3,4)11-18(12)17)29-20(24)14-8-15(22(25)26)10-16(9-14)23(27)28/h8-10,17,19,22-23,25,27H,2,5-7,11H2,1,3-4H3/t17-,19+/m0/s1. The number of hydrogen-bond donors (Lipinski definition) is 4. The Kier molecular flexibility index (Phi) is 5.96. The van der Waals surface area contributed by atoms with Crippen LogP contribution in [0.3, 0.4) is 0 Å². The van der Waals surface area contributed by atoms with Crippen molar-refractivity contribution in [2.45, 2.75) is 52.6 Å². The van der Waals surface area contributed by atoms with Crippen molar-refractivity contribution in [1.82, 2.24) is 0 Å². The van der Waals surface area contributed by atoms with Crippen molar-refractivity contribution < 1.29 is 30.4 Å². The monoisotopic (exact) mass is 404 g/mol. The summed E-state index contributed by atoms with van der Waals surface area (Å²) in [4.78, 5) is 12.8. The molecule has 2 aliphatic rings. The zero-order valence-corrected chi connectivity index (χ0v) is 16.9. The van der Waals surface area contributed by atoms with Gasteiger partial charge in [-0.05, 0) is 26.2 Å². The molecule has 4 atom stereocenters. The molecule has 0 aromatic heterocycles. The van der Waals surface area contributed by atoms with E-state index >= 15 is 0 Å². The minimum absolute atomic E-state index is 0.0800. The van der Waals surface area contributed by atoms with Gasteiger partial charge >= 0.3 is 5.97 Å². The average molecular weight is 404 g/mol. The summed E-state index contributed by atoms with van der Waals surface area (Å²) in [6, 6.07) is 3.32. The zero-order chi connectivity index (χ0) is 21.5. The van der Waals surface area contributed by atoms with Gasteiger partial charge in [0.15, 0.2) is 11.4 Å². The topological polar surface area (TPSA) is 122 Å². The highest BCUT2D eigenvalue weighted by Gasteiger charge is 2.42. The fraction of sp³-hybridized carbons (Fsp3) is 0.476. The van der Waals surface area contributed by atoms with Crippen molar-refractivity contribution in [1.29, 1.82) is 0 Å². The number of carbonyl (C=O) groups is 1. The highest BCUT2D eigenvalue weighted by molar-refractivity contribution is 5.91. The molecular weight excluding hydrogens is 376 g/mol. The van der Waals surface area contributed by atoms with Crippen LogP contribution in [-0.4, -0.2) is 22.5 Å². The van der Waals surface area contributed by atoms with Gasteiger partial charge in [-0.15, -0.1) is 0 Å². The van der Waals surface area contributed by atoms with E-state index in [1.54, 1.807) is 0 Å². The van der Waals surface area contributed by atoms with Gasteiger partial charge in [-0.1, -0.05) is 37.1 Å². The van der Waals surface area contributed by atoms with Gasteiger partial charge in [0.25, 0.3) is 0 Å². The van der Waals surface area contributed by atoms with Gasteiger partial charge < -0.3 is 15.2 Å². The van der Waals surface area contributed by atoms with Crippen LogP contribution in [0.4, 0.5) is 11.4 Å². The fourth-order valence-electron chi connectivity index (χ4n) is 4.37. The number of allylic oxidation sites excluding steroid dienone is 2. The molecule has 1 aromatic carbocycles. The van der Waals surface area contributed by atoms with Crippen LogP contribution in [0, 0.1) is 21.7 Å². The molecule has 0 spiro atoms. The van der Waals surface area contributed by atoms with Crippen LogP contribution in [0.1, 0.15) is 56.8 Å². The van der Waals surface area contributed by atoms with Crippen molar-refractivity contribution in [2.75, 3.05) is 0 Å². The molecule has 8 heteroatoms. The first-order valence-corrected chi connectivity index (χ1v) is 9.68. The molecule has 1 aromatic rings. The van der Waals surface area contributed by atoms with Gasteiger partial charge in [0.1, 0.15) is 6.10 Å². The normalized spacial score (nSPS) is 26.0. The van der Waals surface area contributed by atoms with E-state index in [1.165, 1.54) is 11.1 Å². The molecule has 8 nitrogen and oxygen atoms in total. The third-order valence-electron chi connectivity index (χ3n) is 6.15. The Morgan fingerprint density at radius 1 is 1.21 bits per heavy atom. The molecule has 3 rings (SSSR count). The number of nitrogens with one attached hydrogen (secondary N) is 2. The molecule has 29 heavy (non-hydrogen) atoms. The third-order valence-corrected chi connectivity index (χ3v) is 6.15. The third kappa shape index (κ3) is 4.42. The first-order chi connectivity index (χ1) is 13.5. The maximum Gasteiger partial charge on any atom is 0.338 e. The van der Waals surface area contributed by atoms with Gasteiger partial charge in [0.2, 0.25) is 0 Å². The molecule has 0 bridgehead atoms. The van der Waals surface area contributed by atoms with Crippen molar-refractivity contribution >= 4 is 17.3 Å². The Bertz CT molecular complexity index is 832. The Balaban J connectivity index is 1.88. The van der Waals surface area contributed by atoms with Crippen LogP contribution in [0.15, 0.2) is 41.5 Å². The number of esters is 1. The molecule has 158 valence electrons. The summed E-state index contributed by atoms with van der Waals surface area (Å²) in [5, 5.41) is 38.5. The molecule has 2 unspecified atom stereocenters. The quantitative estimate of drug-likeness (QED) is 0.346. The SMILES string of the molecule is C=C1C[C@@H](OC(=O)c2cc([NH+]([O-])O)cc([NH+]([O-])O)c2)C(C)(C)CC2=C(C)CC[C@@H]12. The van der Waals surface area contributed by atoms with E-state index in [-0.39, 0.29) is 22.4 Å². The van der Waals surface area contributed by atoms with E-state index in [0.717, 1.165) is 43.0 Å². The van der Waals surface area contributed by atoms with Crippen molar-refractivity contribution in [3.05, 3.63) is 57.5 Å². The van der Waals surface area contributed by atoms with Gasteiger partial charge in [0.05, 0.1) is 11.6 Å². The van der Waals surface area contributed by atoms with Crippen molar-refractivity contribution in [2.24, 2.45) is 11.3 Å². The van der Waals surface area contributed by atoms with Gasteiger partial charge in [-0.2, -0.15) is 10.5 Å². The van der Waals surface area contributed by atoms with Crippen LogP contribution >= 0.6 is 0 Å². The first-order valence-electron chi connectivity index (χ1n) is 9.68. The van der Waals surface area contributed by atoms with Crippen LogP contribution in [0.2, 0.25) is 0 Å². The predicted molar refractivity (Wildman–Crippen MR) is 105 cm³/mol. The summed E-state index contributed by atoms with van der Waals surface area (Å²) < 4.78 is 5.80. The highest BCUT2D eigenvalue weighted by Crippen LogP contribution is 2.49. The van der Waals surface area contributed by atoms with E-state index in [2.05, 4.69) is 27.4 Å². The van der Waals surface area contributed by atoms with Crippen molar-refractivity contribution in [3.8, 4) is 0 Å². The average Bonchev–Trinajstić information content (AvgIpc) is 2.96. The lowest BCUT2D eigenvalue weighted by Gasteiger charge is -2.32. The van der Waals surface area contributed by atoms with Gasteiger partial charge in [-0.3, -0.25) is 0 Å². The molecule has 0 amide bonds. The summed E-state index contributed by atoms with van der Waals surface area (Å²) >= 11 is 0. The van der Waals surface area contributed by atoms with Crippen LogP contribution in [0.5, 0.6) is 0 Å². The summed E-state index contributed by atoms with van der Waals surface area (Å²) in [5.41, 5.74) is 2.88. The predicted octanol–water partition coefficient (Wildman–Crippen LogP) is 2.12. The highest BCUT2D eigenvalue weighted by atomic mass is 16.8.